The molecule has 0 aliphatic rings. The van der Waals surface area contributed by atoms with Crippen LogP contribution in [0.15, 0.2) is 21.2 Å². The van der Waals surface area contributed by atoms with Crippen LogP contribution in [0.1, 0.15) is 32.4 Å². The second-order valence-corrected chi connectivity index (χ2v) is 5.17. The summed E-state index contributed by atoms with van der Waals surface area (Å²) in [7, 11) is 1.80. The largest absolute Gasteiger partial charge is 0.452 e. The maximum Gasteiger partial charge on any atom is 0.222 e. The SMILES string of the molecule is CC(C)CCC(=O)N(C)Cc1ccc(Br)o1. The van der Waals surface area contributed by atoms with Gasteiger partial charge in [0.15, 0.2) is 4.67 Å². The molecule has 16 heavy (non-hydrogen) atoms. The van der Waals surface area contributed by atoms with E-state index in [9.17, 15) is 4.79 Å². The van der Waals surface area contributed by atoms with Gasteiger partial charge in [-0.3, -0.25) is 4.79 Å². The van der Waals surface area contributed by atoms with Crippen LogP contribution < -0.4 is 0 Å². The molecule has 0 N–H and O–H groups in total. The summed E-state index contributed by atoms with van der Waals surface area (Å²) in [5.41, 5.74) is 0. The van der Waals surface area contributed by atoms with Crippen LogP contribution in [-0.2, 0) is 11.3 Å². The topological polar surface area (TPSA) is 33.5 Å². The zero-order chi connectivity index (χ0) is 12.1. The third-order valence-electron chi connectivity index (χ3n) is 2.38. The van der Waals surface area contributed by atoms with Crippen LogP contribution in [0.2, 0.25) is 0 Å². The molecule has 1 heterocycles. The summed E-state index contributed by atoms with van der Waals surface area (Å²) in [6, 6.07) is 3.71. The number of carbonyl (C=O) groups is 1. The third-order valence-corrected chi connectivity index (χ3v) is 2.81. The van der Waals surface area contributed by atoms with Crippen molar-refractivity contribution in [3.05, 3.63) is 22.6 Å². The predicted octanol–water partition coefficient (Wildman–Crippen LogP) is 3.44. The van der Waals surface area contributed by atoms with Gasteiger partial charge in [-0.25, -0.2) is 0 Å². The van der Waals surface area contributed by atoms with Crippen molar-refractivity contribution >= 4 is 21.8 Å². The Kier molecular flexibility index (Phi) is 5.06. The van der Waals surface area contributed by atoms with E-state index >= 15 is 0 Å². The number of hydrogen-bond acceptors (Lipinski definition) is 2. The molecule has 0 saturated heterocycles. The molecule has 1 aromatic rings. The van der Waals surface area contributed by atoms with Crippen molar-refractivity contribution in [2.45, 2.75) is 33.2 Å². The number of carbonyl (C=O) groups excluding carboxylic acids is 1. The van der Waals surface area contributed by atoms with Crippen LogP contribution in [0.3, 0.4) is 0 Å². The van der Waals surface area contributed by atoms with Gasteiger partial charge in [-0.05, 0) is 40.4 Å². The summed E-state index contributed by atoms with van der Waals surface area (Å²) < 4.78 is 6.05. The fraction of sp³-hybridized carbons (Fsp3) is 0.583. The van der Waals surface area contributed by atoms with Crippen molar-refractivity contribution in [3.63, 3.8) is 0 Å². The second kappa shape index (κ2) is 6.09. The van der Waals surface area contributed by atoms with Crippen LogP contribution in [0.4, 0.5) is 0 Å². The molecule has 3 nitrogen and oxygen atoms in total. The highest BCUT2D eigenvalue weighted by molar-refractivity contribution is 9.10. The molecule has 0 saturated carbocycles. The summed E-state index contributed by atoms with van der Waals surface area (Å²) in [6.07, 6.45) is 1.54. The Balaban J connectivity index is 2.39. The lowest BCUT2D eigenvalue weighted by Crippen LogP contribution is -2.25. The molecule has 0 unspecified atom stereocenters. The Morgan fingerprint density at radius 2 is 2.19 bits per heavy atom. The van der Waals surface area contributed by atoms with Gasteiger partial charge >= 0.3 is 0 Å². The van der Waals surface area contributed by atoms with Crippen molar-refractivity contribution in [1.82, 2.24) is 4.90 Å². The molecule has 1 rings (SSSR count). The molecule has 0 aromatic carbocycles. The van der Waals surface area contributed by atoms with Crippen LogP contribution in [0.5, 0.6) is 0 Å². The van der Waals surface area contributed by atoms with Gasteiger partial charge in [-0.2, -0.15) is 0 Å². The van der Waals surface area contributed by atoms with Crippen LogP contribution in [-0.4, -0.2) is 17.9 Å². The normalized spacial score (nSPS) is 10.8. The van der Waals surface area contributed by atoms with Crippen molar-refractivity contribution in [2.75, 3.05) is 7.05 Å². The van der Waals surface area contributed by atoms with Crippen LogP contribution in [0.25, 0.3) is 0 Å². The summed E-state index contributed by atoms with van der Waals surface area (Å²) in [4.78, 5) is 13.4. The first kappa shape index (κ1) is 13.3. The van der Waals surface area contributed by atoms with Crippen LogP contribution in [0, 0.1) is 5.92 Å². The summed E-state index contributed by atoms with van der Waals surface area (Å²) in [5.74, 6) is 1.53. The Morgan fingerprint density at radius 1 is 1.50 bits per heavy atom. The van der Waals surface area contributed by atoms with Gasteiger partial charge in [0, 0.05) is 13.5 Å². The average molecular weight is 288 g/mol. The van der Waals surface area contributed by atoms with E-state index in [1.807, 2.05) is 12.1 Å². The highest BCUT2D eigenvalue weighted by Crippen LogP contribution is 2.16. The molecular formula is C12H18BrNO2. The van der Waals surface area contributed by atoms with Gasteiger partial charge in [0.25, 0.3) is 0 Å². The van der Waals surface area contributed by atoms with Crippen molar-refractivity contribution in [2.24, 2.45) is 5.92 Å². The highest BCUT2D eigenvalue weighted by Gasteiger charge is 2.11. The van der Waals surface area contributed by atoms with Gasteiger partial charge in [0.1, 0.15) is 5.76 Å². The lowest BCUT2D eigenvalue weighted by Gasteiger charge is -2.16. The number of rotatable bonds is 5. The van der Waals surface area contributed by atoms with E-state index in [0.717, 1.165) is 12.2 Å². The maximum absolute atomic E-state index is 11.7. The molecule has 0 radical (unpaired) electrons. The predicted molar refractivity (Wildman–Crippen MR) is 67.0 cm³/mol. The molecule has 90 valence electrons. The minimum atomic E-state index is 0.168. The van der Waals surface area contributed by atoms with Gasteiger partial charge in [0.2, 0.25) is 5.91 Å². The number of amides is 1. The zero-order valence-corrected chi connectivity index (χ0v) is 11.6. The Hall–Kier alpha value is -0.770. The number of furan rings is 1. The van der Waals surface area contributed by atoms with Crippen molar-refractivity contribution in [3.8, 4) is 0 Å². The van der Waals surface area contributed by atoms with Gasteiger partial charge in [0.05, 0.1) is 6.54 Å². The molecule has 1 amide bonds. The minimum absolute atomic E-state index is 0.168. The van der Waals surface area contributed by atoms with Crippen molar-refractivity contribution in [1.29, 1.82) is 0 Å². The lowest BCUT2D eigenvalue weighted by atomic mass is 10.1. The number of halogens is 1. The molecule has 0 atom stereocenters. The number of nitrogens with zero attached hydrogens (tertiary/aromatic N) is 1. The summed E-state index contributed by atoms with van der Waals surface area (Å²) >= 11 is 3.24. The maximum atomic E-state index is 11.7. The van der Waals surface area contributed by atoms with E-state index in [-0.39, 0.29) is 5.91 Å². The monoisotopic (exact) mass is 287 g/mol. The first-order valence-electron chi connectivity index (χ1n) is 5.47. The minimum Gasteiger partial charge on any atom is -0.452 e. The Labute approximate surface area is 105 Å². The summed E-state index contributed by atoms with van der Waals surface area (Å²) in [5, 5.41) is 0. The Morgan fingerprint density at radius 3 is 2.69 bits per heavy atom. The Bertz CT molecular complexity index is 347. The van der Waals surface area contributed by atoms with E-state index in [1.165, 1.54) is 0 Å². The first-order chi connectivity index (χ1) is 7.49. The lowest BCUT2D eigenvalue weighted by molar-refractivity contribution is -0.130. The van der Waals surface area contributed by atoms with E-state index < -0.39 is 0 Å². The van der Waals surface area contributed by atoms with E-state index in [1.54, 1.807) is 11.9 Å². The van der Waals surface area contributed by atoms with Crippen LogP contribution >= 0.6 is 15.9 Å². The molecule has 1 aromatic heterocycles. The van der Waals surface area contributed by atoms with Gasteiger partial charge < -0.3 is 9.32 Å². The fourth-order valence-corrected chi connectivity index (χ4v) is 1.70. The molecular weight excluding hydrogens is 270 g/mol. The average Bonchev–Trinajstić information content (AvgIpc) is 2.60. The molecule has 4 heteroatoms. The van der Waals surface area contributed by atoms with E-state index in [2.05, 4.69) is 29.8 Å². The zero-order valence-electron chi connectivity index (χ0n) is 10.00. The third kappa shape index (κ3) is 4.39. The molecule has 0 fully saturated rings. The standard InChI is InChI=1S/C12H18BrNO2/c1-9(2)4-7-12(15)14(3)8-10-5-6-11(13)16-10/h5-6,9H,4,7-8H2,1-3H3. The van der Waals surface area contributed by atoms with Gasteiger partial charge in [-0.15, -0.1) is 0 Å². The van der Waals surface area contributed by atoms with Crippen molar-refractivity contribution < 1.29 is 9.21 Å². The van der Waals surface area contributed by atoms with E-state index in [4.69, 9.17) is 4.42 Å². The first-order valence-corrected chi connectivity index (χ1v) is 6.26. The number of hydrogen-bond donors (Lipinski definition) is 0. The molecule has 0 bridgehead atoms. The second-order valence-electron chi connectivity index (χ2n) is 4.39. The molecule has 0 spiro atoms. The quantitative estimate of drug-likeness (QED) is 0.831. The molecule has 0 aliphatic carbocycles. The summed E-state index contributed by atoms with van der Waals surface area (Å²) in [6.45, 7) is 4.77. The van der Waals surface area contributed by atoms with E-state index in [0.29, 0.717) is 23.6 Å². The smallest absolute Gasteiger partial charge is 0.222 e. The fourth-order valence-electron chi connectivity index (χ4n) is 1.36. The highest BCUT2D eigenvalue weighted by atomic mass is 79.9. The molecule has 0 aliphatic heterocycles. The van der Waals surface area contributed by atoms with Gasteiger partial charge in [-0.1, -0.05) is 13.8 Å².